The molecule has 2 saturated heterocycles. The van der Waals surface area contributed by atoms with Crippen molar-refractivity contribution in [3.05, 3.63) is 29.3 Å². The van der Waals surface area contributed by atoms with Gasteiger partial charge in [-0.2, -0.15) is 0 Å². The predicted octanol–water partition coefficient (Wildman–Crippen LogP) is 4.73. The van der Waals surface area contributed by atoms with Gasteiger partial charge in [-0.3, -0.25) is 9.38 Å². The number of ether oxygens (including phenoxy) is 1. The number of carbonyl (C=O) groups is 1. The molecule has 3 heterocycles. The van der Waals surface area contributed by atoms with Crippen molar-refractivity contribution in [1.29, 1.82) is 0 Å². The van der Waals surface area contributed by atoms with Crippen LogP contribution in [0.2, 0.25) is 0 Å². The Morgan fingerprint density at radius 3 is 2.57 bits per heavy atom. The highest BCUT2D eigenvalue weighted by Crippen LogP contribution is 2.41. The molecular formula is C29H47N4O2+. The number of hydrogen-bond donors (Lipinski definition) is 2. The maximum atomic E-state index is 12.1. The minimum absolute atomic E-state index is 0.244. The van der Waals surface area contributed by atoms with Crippen LogP contribution in [0, 0.1) is 0 Å². The Hall–Kier alpha value is -1.63. The van der Waals surface area contributed by atoms with Crippen LogP contribution in [0.3, 0.4) is 0 Å². The van der Waals surface area contributed by atoms with Gasteiger partial charge in [0.1, 0.15) is 17.3 Å². The van der Waals surface area contributed by atoms with Gasteiger partial charge >= 0.3 is 6.09 Å². The second-order valence-electron chi connectivity index (χ2n) is 12.6. The van der Waals surface area contributed by atoms with Crippen LogP contribution in [0.5, 0.6) is 0 Å². The van der Waals surface area contributed by atoms with Crippen molar-refractivity contribution in [1.82, 2.24) is 20.0 Å². The third-order valence-corrected chi connectivity index (χ3v) is 9.27. The van der Waals surface area contributed by atoms with Gasteiger partial charge in [0.05, 0.1) is 12.6 Å². The molecule has 3 fully saturated rings. The quantitative estimate of drug-likeness (QED) is 0.608. The van der Waals surface area contributed by atoms with Gasteiger partial charge in [0.2, 0.25) is 0 Å². The van der Waals surface area contributed by atoms with Crippen LogP contribution in [-0.2, 0) is 17.7 Å². The molecule has 2 N–H and O–H groups in total. The number of nitrogens with zero attached hydrogens (tertiary/aromatic N) is 2. The number of amides is 1. The third kappa shape index (κ3) is 5.26. The number of benzene rings is 1. The normalized spacial score (nSPS) is 33.9. The van der Waals surface area contributed by atoms with E-state index in [4.69, 9.17) is 4.74 Å². The first-order chi connectivity index (χ1) is 16.7. The topological polar surface area (TPSA) is 53.6 Å². The molecule has 0 aromatic heterocycles. The lowest BCUT2D eigenvalue weighted by molar-refractivity contribution is 0.0473. The maximum absolute atomic E-state index is 12.1. The fraction of sp³-hybridized carbons (Fsp3) is 0.759. The number of quaternary nitrogens is 1. The minimum Gasteiger partial charge on any atom is -0.444 e. The number of rotatable bonds is 4. The zero-order chi connectivity index (χ0) is 24.6. The average Bonchev–Trinajstić information content (AvgIpc) is 3.48. The van der Waals surface area contributed by atoms with Crippen LogP contribution in [0.1, 0.15) is 83.8 Å². The number of fused-ring (bicyclic) bond motifs is 1. The van der Waals surface area contributed by atoms with Crippen LogP contribution in [0.4, 0.5) is 10.5 Å². The standard InChI is InChI=1S/C29H46N4O2/c1-21-6-5-17-33(21,27-13-15-30-19-27)26-12-7-23-20-32(16-14-22(23)18-26)25-10-8-24(9-11-25)31-28(34)35-29(2,3)4/h7,12,18,21,24-25,27,30H,5-6,8-11,13-17,19-20H2,1-4H3/p+1/t21-,24?,25?,27-,33?/m0/s1. The van der Waals surface area contributed by atoms with Crippen LogP contribution in [-0.4, -0.2) is 66.9 Å². The summed E-state index contributed by atoms with van der Waals surface area (Å²) in [6.07, 6.45) is 9.29. The molecule has 1 aromatic rings. The van der Waals surface area contributed by atoms with Crippen LogP contribution in [0.15, 0.2) is 18.2 Å². The summed E-state index contributed by atoms with van der Waals surface area (Å²) in [4.78, 5) is 14.9. The van der Waals surface area contributed by atoms with E-state index in [2.05, 4.69) is 40.7 Å². The van der Waals surface area contributed by atoms with Crippen molar-refractivity contribution in [3.8, 4) is 0 Å². The van der Waals surface area contributed by atoms with Gasteiger partial charge < -0.3 is 15.4 Å². The van der Waals surface area contributed by atoms with Crippen LogP contribution >= 0.6 is 0 Å². The maximum Gasteiger partial charge on any atom is 0.407 e. The molecule has 3 atom stereocenters. The summed E-state index contributed by atoms with van der Waals surface area (Å²) in [5.41, 5.74) is 4.25. The van der Waals surface area contributed by atoms with E-state index in [1.54, 1.807) is 11.3 Å². The largest absolute Gasteiger partial charge is 0.444 e. The zero-order valence-electron chi connectivity index (χ0n) is 22.4. The number of carbonyl (C=O) groups excluding carboxylic acids is 1. The SMILES string of the molecule is C[C@H]1CCC[N+]1(c1ccc2c(c1)CCN(C1CCC(NC(=O)OC(C)(C)C)CC1)C2)[C@H]1CCNC1. The summed E-state index contributed by atoms with van der Waals surface area (Å²) in [6.45, 7) is 14.1. The van der Waals surface area contributed by atoms with Crippen molar-refractivity contribution in [2.75, 3.05) is 26.2 Å². The Bertz CT molecular complexity index is 898. The number of nitrogens with one attached hydrogen (secondary N) is 2. The average molecular weight is 484 g/mol. The first-order valence-electron chi connectivity index (χ1n) is 14.2. The molecule has 4 aliphatic rings. The lowest BCUT2D eigenvalue weighted by atomic mass is 9.88. The molecule has 0 spiro atoms. The second-order valence-corrected chi connectivity index (χ2v) is 12.6. The lowest BCUT2D eigenvalue weighted by Crippen LogP contribution is -2.59. The monoisotopic (exact) mass is 483 g/mol. The number of alkyl carbamates (subject to hydrolysis) is 1. The Morgan fingerprint density at radius 1 is 1.11 bits per heavy atom. The molecule has 1 amide bonds. The van der Waals surface area contributed by atoms with Crippen molar-refractivity contribution in [2.45, 2.75) is 115 Å². The molecular weight excluding hydrogens is 436 g/mol. The van der Waals surface area contributed by atoms with Crippen molar-refractivity contribution in [3.63, 3.8) is 0 Å². The van der Waals surface area contributed by atoms with Gasteiger partial charge in [0.25, 0.3) is 0 Å². The molecule has 3 aliphatic heterocycles. The zero-order valence-corrected chi connectivity index (χ0v) is 22.4. The molecule has 194 valence electrons. The molecule has 6 heteroatoms. The van der Waals surface area contributed by atoms with E-state index in [0.29, 0.717) is 6.04 Å². The Kier molecular flexibility index (Phi) is 7.17. The molecule has 6 nitrogen and oxygen atoms in total. The van der Waals surface area contributed by atoms with E-state index in [1.807, 2.05) is 20.8 Å². The molecule has 1 unspecified atom stereocenters. The Labute approximate surface area is 212 Å². The highest BCUT2D eigenvalue weighted by molar-refractivity contribution is 5.68. The van der Waals surface area contributed by atoms with Gasteiger partial charge in [0, 0.05) is 63.6 Å². The number of likely N-dealkylation sites (tertiary alicyclic amines) is 1. The molecule has 0 radical (unpaired) electrons. The predicted molar refractivity (Wildman–Crippen MR) is 143 cm³/mol. The van der Waals surface area contributed by atoms with E-state index in [9.17, 15) is 4.79 Å². The highest BCUT2D eigenvalue weighted by atomic mass is 16.6. The molecule has 5 rings (SSSR count). The van der Waals surface area contributed by atoms with Gasteiger partial charge in [-0.1, -0.05) is 6.07 Å². The van der Waals surface area contributed by atoms with Crippen molar-refractivity contribution >= 4 is 11.8 Å². The summed E-state index contributed by atoms with van der Waals surface area (Å²) < 4.78 is 6.66. The Morgan fingerprint density at radius 2 is 1.91 bits per heavy atom. The molecule has 1 aromatic carbocycles. The first kappa shape index (κ1) is 25.0. The van der Waals surface area contributed by atoms with Gasteiger partial charge in [0.15, 0.2) is 0 Å². The van der Waals surface area contributed by atoms with Crippen LogP contribution in [0.25, 0.3) is 0 Å². The Balaban J connectivity index is 1.20. The van der Waals surface area contributed by atoms with E-state index >= 15 is 0 Å². The molecule has 35 heavy (non-hydrogen) atoms. The second kappa shape index (κ2) is 10.0. The van der Waals surface area contributed by atoms with Crippen LogP contribution < -0.4 is 15.1 Å². The molecule has 0 bridgehead atoms. The lowest BCUT2D eigenvalue weighted by Gasteiger charge is -2.44. The summed E-state index contributed by atoms with van der Waals surface area (Å²) in [7, 11) is 0. The molecule has 1 aliphatic carbocycles. The minimum atomic E-state index is -0.440. The fourth-order valence-corrected chi connectivity index (χ4v) is 7.46. The highest BCUT2D eigenvalue weighted by Gasteiger charge is 2.48. The van der Waals surface area contributed by atoms with E-state index in [1.165, 1.54) is 48.9 Å². The summed E-state index contributed by atoms with van der Waals surface area (Å²) in [5.74, 6) is 0. The first-order valence-corrected chi connectivity index (χ1v) is 14.2. The summed E-state index contributed by atoms with van der Waals surface area (Å²) in [6, 6.07) is 9.85. The number of hydrogen-bond acceptors (Lipinski definition) is 4. The summed E-state index contributed by atoms with van der Waals surface area (Å²) in [5, 5.41) is 6.73. The fourth-order valence-electron chi connectivity index (χ4n) is 7.46. The third-order valence-electron chi connectivity index (χ3n) is 9.27. The summed E-state index contributed by atoms with van der Waals surface area (Å²) >= 11 is 0. The molecule has 1 saturated carbocycles. The van der Waals surface area contributed by atoms with Gasteiger partial charge in [-0.15, -0.1) is 0 Å². The van der Waals surface area contributed by atoms with E-state index in [0.717, 1.165) is 57.3 Å². The smallest absolute Gasteiger partial charge is 0.407 e. The van der Waals surface area contributed by atoms with E-state index in [-0.39, 0.29) is 12.1 Å². The van der Waals surface area contributed by atoms with E-state index < -0.39 is 5.60 Å². The van der Waals surface area contributed by atoms with Gasteiger partial charge in [-0.05, 0) is 77.0 Å². The van der Waals surface area contributed by atoms with Crippen molar-refractivity contribution < 1.29 is 9.53 Å². The van der Waals surface area contributed by atoms with Gasteiger partial charge in [-0.25, -0.2) is 4.79 Å². The van der Waals surface area contributed by atoms with Crippen molar-refractivity contribution in [2.24, 2.45) is 0 Å².